The average Bonchev–Trinajstić information content (AvgIpc) is 2.67. The van der Waals surface area contributed by atoms with E-state index in [0.717, 1.165) is 28.6 Å². The van der Waals surface area contributed by atoms with E-state index in [2.05, 4.69) is 78.1 Å². The minimum Gasteiger partial charge on any atom is -0.484 e. The molecule has 1 amide bonds. The van der Waals surface area contributed by atoms with Crippen LogP contribution in [0.1, 0.15) is 56.7 Å². The van der Waals surface area contributed by atoms with Gasteiger partial charge in [0, 0.05) is 22.2 Å². The molecule has 5 nitrogen and oxygen atoms in total. The van der Waals surface area contributed by atoms with E-state index >= 15 is 0 Å². The van der Waals surface area contributed by atoms with Crippen molar-refractivity contribution in [3.63, 3.8) is 0 Å². The van der Waals surface area contributed by atoms with E-state index < -0.39 is 0 Å². The summed E-state index contributed by atoms with van der Waals surface area (Å²) < 4.78 is 6.39. The summed E-state index contributed by atoms with van der Waals surface area (Å²) in [6.45, 7) is 12.1. The van der Waals surface area contributed by atoms with Crippen LogP contribution in [-0.2, 0) is 4.79 Å². The van der Waals surface area contributed by atoms with Gasteiger partial charge in [0.05, 0.1) is 6.21 Å². The molecule has 0 radical (unpaired) electrons. The summed E-state index contributed by atoms with van der Waals surface area (Å²) in [6, 6.07) is 11.8. The Morgan fingerprint density at radius 1 is 1.37 bits per heavy atom. The molecule has 1 aliphatic heterocycles. The third-order valence-corrected chi connectivity index (χ3v) is 6.14. The maximum atomic E-state index is 12.0. The molecule has 160 valence electrons. The van der Waals surface area contributed by atoms with Crippen LogP contribution >= 0.6 is 15.9 Å². The van der Waals surface area contributed by atoms with Crippen LogP contribution in [-0.4, -0.2) is 30.8 Å². The molecule has 3 rings (SSSR count). The number of carbonyl (C=O) groups excluding carboxylic acids is 1. The van der Waals surface area contributed by atoms with Gasteiger partial charge < -0.3 is 9.64 Å². The highest BCUT2D eigenvalue weighted by Crippen LogP contribution is 2.43. The van der Waals surface area contributed by atoms with Gasteiger partial charge in [-0.05, 0) is 87.1 Å². The van der Waals surface area contributed by atoms with Gasteiger partial charge in [-0.15, -0.1) is 0 Å². The lowest BCUT2D eigenvalue weighted by molar-refractivity contribution is -0.123. The van der Waals surface area contributed by atoms with Gasteiger partial charge in [0.15, 0.2) is 6.61 Å². The van der Waals surface area contributed by atoms with E-state index in [9.17, 15) is 4.79 Å². The number of benzene rings is 2. The van der Waals surface area contributed by atoms with Crippen molar-refractivity contribution in [2.45, 2.75) is 52.5 Å². The molecule has 0 saturated carbocycles. The van der Waals surface area contributed by atoms with Gasteiger partial charge in [-0.2, -0.15) is 5.10 Å². The summed E-state index contributed by atoms with van der Waals surface area (Å²) in [4.78, 5) is 14.5. The van der Waals surface area contributed by atoms with Crippen LogP contribution < -0.4 is 15.1 Å². The van der Waals surface area contributed by atoms with Crippen molar-refractivity contribution in [1.29, 1.82) is 0 Å². The Balaban J connectivity index is 1.67. The molecule has 1 heterocycles. The number of carbonyl (C=O) groups is 1. The van der Waals surface area contributed by atoms with Gasteiger partial charge in [0.25, 0.3) is 5.91 Å². The van der Waals surface area contributed by atoms with E-state index in [0.29, 0.717) is 11.7 Å². The molecular formula is C24H30BrN3O2. The molecule has 0 spiro atoms. The third-order valence-electron chi connectivity index (χ3n) is 5.65. The number of ether oxygens (including phenoxy) is 1. The van der Waals surface area contributed by atoms with Crippen LogP contribution in [0.5, 0.6) is 5.75 Å². The summed E-state index contributed by atoms with van der Waals surface area (Å²) in [5.74, 6) is 0.805. The molecule has 30 heavy (non-hydrogen) atoms. The summed E-state index contributed by atoms with van der Waals surface area (Å²) in [5, 5.41) is 4.15. The topological polar surface area (TPSA) is 53.9 Å². The van der Waals surface area contributed by atoms with E-state index in [1.54, 1.807) is 12.3 Å². The molecule has 2 aromatic rings. The molecule has 0 unspecified atom stereocenters. The number of fused-ring (bicyclic) bond motifs is 1. The lowest BCUT2D eigenvalue weighted by Gasteiger charge is -2.47. The van der Waals surface area contributed by atoms with Gasteiger partial charge in [-0.1, -0.05) is 28.9 Å². The quantitative estimate of drug-likeness (QED) is 0.453. The Labute approximate surface area is 187 Å². The second-order valence-corrected chi connectivity index (χ2v) is 9.38. The monoisotopic (exact) mass is 471 g/mol. The molecule has 1 aliphatic rings. The summed E-state index contributed by atoms with van der Waals surface area (Å²) >= 11 is 3.38. The van der Waals surface area contributed by atoms with Crippen LogP contribution in [0.3, 0.4) is 0 Å². The van der Waals surface area contributed by atoms with Crippen molar-refractivity contribution >= 4 is 33.7 Å². The van der Waals surface area contributed by atoms with Gasteiger partial charge >= 0.3 is 0 Å². The number of aryl methyl sites for hydroxylation is 1. The predicted octanol–water partition coefficient (Wildman–Crippen LogP) is 5.40. The van der Waals surface area contributed by atoms with Crippen molar-refractivity contribution in [2.24, 2.45) is 5.10 Å². The van der Waals surface area contributed by atoms with Crippen LogP contribution in [0.15, 0.2) is 46.0 Å². The maximum absolute atomic E-state index is 12.0. The van der Waals surface area contributed by atoms with Crippen molar-refractivity contribution in [3.05, 3.63) is 57.6 Å². The maximum Gasteiger partial charge on any atom is 0.277 e. The minimum atomic E-state index is -0.297. The average molecular weight is 472 g/mol. The Morgan fingerprint density at radius 3 is 2.83 bits per heavy atom. The van der Waals surface area contributed by atoms with Crippen LogP contribution in [0, 0.1) is 6.92 Å². The molecular weight excluding hydrogens is 442 g/mol. The second-order valence-electron chi connectivity index (χ2n) is 8.47. The number of rotatable bonds is 6. The van der Waals surface area contributed by atoms with Gasteiger partial charge in [0.2, 0.25) is 0 Å². The number of nitrogens with zero attached hydrogens (tertiary/aromatic N) is 2. The van der Waals surface area contributed by atoms with Crippen LogP contribution in [0.25, 0.3) is 0 Å². The highest BCUT2D eigenvalue weighted by atomic mass is 79.9. The minimum absolute atomic E-state index is 0.0887. The first-order valence-corrected chi connectivity index (χ1v) is 11.1. The summed E-state index contributed by atoms with van der Waals surface area (Å²) in [5.41, 5.74) is 7.50. The second kappa shape index (κ2) is 9.21. The van der Waals surface area contributed by atoms with Gasteiger partial charge in [-0.25, -0.2) is 5.43 Å². The fourth-order valence-corrected chi connectivity index (χ4v) is 4.68. The van der Waals surface area contributed by atoms with E-state index in [1.165, 1.54) is 11.3 Å². The lowest BCUT2D eigenvalue weighted by atomic mass is 9.79. The Kier molecular flexibility index (Phi) is 6.86. The van der Waals surface area contributed by atoms with E-state index in [4.69, 9.17) is 4.74 Å². The zero-order valence-electron chi connectivity index (χ0n) is 18.3. The molecule has 6 heteroatoms. The Bertz CT molecular complexity index is 955. The normalized spacial score (nSPS) is 17.7. The first-order chi connectivity index (χ1) is 14.2. The third kappa shape index (κ3) is 5.04. The van der Waals surface area contributed by atoms with Crippen molar-refractivity contribution in [1.82, 2.24) is 5.43 Å². The van der Waals surface area contributed by atoms with Gasteiger partial charge in [-0.3, -0.25) is 4.79 Å². The smallest absolute Gasteiger partial charge is 0.277 e. The standard InChI is InChI=1S/C24H30BrN3O2/c1-6-28-22-10-16(2)18(11-21(22)17(3)13-24(28,4)5)14-26-27-23(29)15-30-20-9-7-8-19(25)12-20/h7-12,14,17H,6,13,15H2,1-5H3,(H,27,29)/b26-14+/t17-/m0/s1. The summed E-state index contributed by atoms with van der Waals surface area (Å²) in [6.07, 6.45) is 2.83. The zero-order valence-corrected chi connectivity index (χ0v) is 19.9. The number of hydrogen-bond donors (Lipinski definition) is 1. The van der Waals surface area contributed by atoms with Crippen molar-refractivity contribution in [2.75, 3.05) is 18.1 Å². The van der Waals surface area contributed by atoms with Crippen molar-refractivity contribution in [3.8, 4) is 5.75 Å². The molecule has 0 aromatic heterocycles. The highest BCUT2D eigenvalue weighted by molar-refractivity contribution is 9.10. The highest BCUT2D eigenvalue weighted by Gasteiger charge is 2.35. The largest absolute Gasteiger partial charge is 0.484 e. The van der Waals surface area contributed by atoms with Gasteiger partial charge in [0.1, 0.15) is 5.75 Å². The predicted molar refractivity (Wildman–Crippen MR) is 127 cm³/mol. The zero-order chi connectivity index (χ0) is 21.9. The molecule has 1 atom stereocenters. The number of hydrazone groups is 1. The van der Waals surface area contributed by atoms with Crippen molar-refractivity contribution < 1.29 is 9.53 Å². The number of amides is 1. The fourth-order valence-electron chi connectivity index (χ4n) is 4.30. The van der Waals surface area contributed by atoms with E-state index in [1.807, 2.05) is 18.2 Å². The Hall–Kier alpha value is -2.34. The number of nitrogens with one attached hydrogen (secondary N) is 1. The lowest BCUT2D eigenvalue weighted by Crippen LogP contribution is -2.48. The molecule has 0 saturated heterocycles. The molecule has 2 aromatic carbocycles. The summed E-state index contributed by atoms with van der Waals surface area (Å²) in [7, 11) is 0. The van der Waals surface area contributed by atoms with Crippen LogP contribution in [0.2, 0.25) is 0 Å². The first-order valence-electron chi connectivity index (χ1n) is 10.3. The molecule has 1 N–H and O–H groups in total. The molecule has 0 aliphatic carbocycles. The molecule has 0 bridgehead atoms. The molecule has 0 fully saturated rings. The Morgan fingerprint density at radius 2 is 2.13 bits per heavy atom. The number of hydrogen-bond acceptors (Lipinski definition) is 4. The SMILES string of the molecule is CCN1c2cc(C)c(/C=N/NC(=O)COc3cccc(Br)c3)cc2[C@@H](C)CC1(C)C. The first kappa shape index (κ1) is 22.3. The fraction of sp³-hybridized carbons (Fsp3) is 0.417. The number of halogens is 1. The number of anilines is 1. The van der Waals surface area contributed by atoms with E-state index in [-0.39, 0.29) is 18.1 Å². The van der Waals surface area contributed by atoms with Crippen LogP contribution in [0.4, 0.5) is 5.69 Å².